The molecule has 130 valence electrons. The number of rotatable bonds is 7. The van der Waals surface area contributed by atoms with Gasteiger partial charge < -0.3 is 15.7 Å². The summed E-state index contributed by atoms with van der Waals surface area (Å²) in [4.78, 5) is 11.7. The van der Waals surface area contributed by atoms with Crippen molar-refractivity contribution in [3.63, 3.8) is 0 Å². The van der Waals surface area contributed by atoms with Gasteiger partial charge in [0.2, 0.25) is 0 Å². The number of sulfone groups is 1. The molecule has 0 radical (unpaired) electrons. The maximum atomic E-state index is 11.9. The minimum absolute atomic E-state index is 0.0174. The predicted octanol–water partition coefficient (Wildman–Crippen LogP) is 2.29. The number of benzene rings is 1. The van der Waals surface area contributed by atoms with Crippen molar-refractivity contribution >= 4 is 21.6 Å². The van der Waals surface area contributed by atoms with Crippen molar-refractivity contribution in [3.05, 3.63) is 29.8 Å². The molecular weight excluding hydrogens is 316 g/mol. The first-order valence-electron chi connectivity index (χ1n) is 7.63. The molecule has 0 bridgehead atoms. The second-order valence-electron chi connectivity index (χ2n) is 6.21. The molecule has 0 saturated carbocycles. The van der Waals surface area contributed by atoms with E-state index < -0.39 is 26.7 Å². The molecule has 23 heavy (non-hydrogen) atoms. The van der Waals surface area contributed by atoms with Crippen molar-refractivity contribution < 1.29 is 18.3 Å². The van der Waals surface area contributed by atoms with Crippen LogP contribution in [0.5, 0.6) is 0 Å². The average Bonchev–Trinajstić information content (AvgIpc) is 2.47. The Morgan fingerprint density at radius 1 is 1.26 bits per heavy atom. The van der Waals surface area contributed by atoms with Gasteiger partial charge in [-0.05, 0) is 44.9 Å². The minimum atomic E-state index is -3.14. The lowest BCUT2D eigenvalue weighted by molar-refractivity contribution is 0.0587. The highest BCUT2D eigenvalue weighted by atomic mass is 32.2. The summed E-state index contributed by atoms with van der Waals surface area (Å²) >= 11 is 0. The van der Waals surface area contributed by atoms with Gasteiger partial charge in [-0.15, -0.1) is 0 Å². The van der Waals surface area contributed by atoms with Crippen molar-refractivity contribution in [3.8, 4) is 0 Å². The number of aliphatic hydroxyl groups is 1. The first-order chi connectivity index (χ1) is 10.6. The van der Waals surface area contributed by atoms with Crippen LogP contribution in [0.1, 0.15) is 39.7 Å². The van der Waals surface area contributed by atoms with Gasteiger partial charge in [0.15, 0.2) is 9.84 Å². The molecule has 0 heterocycles. The molecule has 0 saturated heterocycles. The fraction of sp³-hybridized carbons (Fsp3) is 0.562. The lowest BCUT2D eigenvalue weighted by Crippen LogP contribution is -2.41. The first-order valence-corrected chi connectivity index (χ1v) is 9.35. The Labute approximate surface area is 138 Å². The number of hydrogen-bond donors (Lipinski definition) is 3. The molecule has 0 fully saturated rings. The van der Waals surface area contributed by atoms with Crippen molar-refractivity contribution in [2.45, 2.75) is 50.7 Å². The Bertz CT molecular complexity index is 622. The van der Waals surface area contributed by atoms with Crippen LogP contribution in [0.25, 0.3) is 0 Å². The normalized spacial score (nSPS) is 14.3. The molecule has 1 rings (SSSR count). The van der Waals surface area contributed by atoms with Crippen LogP contribution in [0.4, 0.5) is 10.5 Å². The highest BCUT2D eigenvalue weighted by Crippen LogP contribution is 2.14. The molecule has 0 aliphatic heterocycles. The summed E-state index contributed by atoms with van der Waals surface area (Å²) < 4.78 is 23.7. The molecule has 3 N–H and O–H groups in total. The van der Waals surface area contributed by atoms with Crippen LogP contribution in [-0.2, 0) is 15.6 Å². The number of amides is 2. The molecule has 1 aromatic rings. The van der Waals surface area contributed by atoms with Gasteiger partial charge in [-0.25, -0.2) is 13.2 Å². The predicted molar refractivity (Wildman–Crippen MR) is 92.1 cm³/mol. The van der Waals surface area contributed by atoms with Gasteiger partial charge in [0.1, 0.15) is 0 Å². The quantitative estimate of drug-likeness (QED) is 0.708. The van der Waals surface area contributed by atoms with Crippen molar-refractivity contribution in [2.24, 2.45) is 0 Å². The van der Waals surface area contributed by atoms with Crippen LogP contribution < -0.4 is 10.6 Å². The van der Waals surface area contributed by atoms with Crippen molar-refractivity contribution in [2.75, 3.05) is 11.9 Å². The Kier molecular flexibility index (Phi) is 6.58. The van der Waals surface area contributed by atoms with Gasteiger partial charge in [-0.2, -0.15) is 0 Å². The van der Waals surface area contributed by atoms with E-state index in [0.717, 1.165) is 0 Å². The molecule has 7 heteroatoms. The maximum Gasteiger partial charge on any atom is 0.319 e. The molecule has 2 amide bonds. The summed E-state index contributed by atoms with van der Waals surface area (Å²) in [6, 6.07) is 6.25. The van der Waals surface area contributed by atoms with Crippen LogP contribution in [0.2, 0.25) is 0 Å². The monoisotopic (exact) mass is 342 g/mol. The maximum absolute atomic E-state index is 11.9. The molecule has 0 aliphatic carbocycles. The third-order valence-electron chi connectivity index (χ3n) is 3.69. The van der Waals surface area contributed by atoms with Crippen LogP contribution >= 0.6 is 0 Å². The Morgan fingerprint density at radius 2 is 1.83 bits per heavy atom. The van der Waals surface area contributed by atoms with E-state index >= 15 is 0 Å². The van der Waals surface area contributed by atoms with E-state index in [4.69, 9.17) is 0 Å². The second-order valence-corrected chi connectivity index (χ2v) is 8.77. The third kappa shape index (κ3) is 6.58. The van der Waals surface area contributed by atoms with Gasteiger partial charge in [0.05, 0.1) is 16.6 Å². The lowest BCUT2D eigenvalue weighted by atomic mass is 10.0. The van der Waals surface area contributed by atoms with Crippen LogP contribution in [-0.4, -0.2) is 37.0 Å². The zero-order valence-corrected chi connectivity index (χ0v) is 14.9. The molecule has 6 nitrogen and oxygen atoms in total. The van der Waals surface area contributed by atoms with E-state index in [0.29, 0.717) is 17.7 Å². The van der Waals surface area contributed by atoms with Crippen LogP contribution in [0, 0.1) is 0 Å². The second kappa shape index (κ2) is 7.79. The van der Waals surface area contributed by atoms with E-state index in [1.54, 1.807) is 45.0 Å². The summed E-state index contributed by atoms with van der Waals surface area (Å²) in [7, 11) is -3.14. The van der Waals surface area contributed by atoms with Gasteiger partial charge in [0.25, 0.3) is 0 Å². The Hall–Kier alpha value is -1.60. The number of carbonyl (C=O) groups is 1. The molecule has 1 aromatic carbocycles. The topological polar surface area (TPSA) is 95.5 Å². The van der Waals surface area contributed by atoms with E-state index in [1.165, 1.54) is 0 Å². The number of hydrogen-bond acceptors (Lipinski definition) is 4. The summed E-state index contributed by atoms with van der Waals surface area (Å²) in [6.07, 6.45) is 0.534. The van der Waals surface area contributed by atoms with Gasteiger partial charge in [0, 0.05) is 12.2 Å². The molecular formula is C16H26N2O4S. The number of anilines is 1. The summed E-state index contributed by atoms with van der Waals surface area (Å²) in [5.41, 5.74) is 0.301. The van der Waals surface area contributed by atoms with Gasteiger partial charge >= 0.3 is 6.03 Å². The number of carbonyl (C=O) groups excluding carboxylic acids is 1. The summed E-state index contributed by atoms with van der Waals surface area (Å²) in [5, 5.41) is 14.6. The van der Waals surface area contributed by atoms with Crippen LogP contribution in [0.15, 0.2) is 24.3 Å². The highest BCUT2D eigenvalue weighted by molar-refractivity contribution is 7.91. The molecule has 1 unspecified atom stereocenters. The zero-order chi connectivity index (χ0) is 17.7. The zero-order valence-electron chi connectivity index (χ0n) is 14.1. The smallest absolute Gasteiger partial charge is 0.319 e. The first kappa shape index (κ1) is 19.4. The van der Waals surface area contributed by atoms with Crippen molar-refractivity contribution in [1.29, 1.82) is 0 Å². The Morgan fingerprint density at radius 3 is 2.30 bits per heavy atom. The lowest BCUT2D eigenvalue weighted by Gasteiger charge is -2.21. The third-order valence-corrected chi connectivity index (χ3v) is 5.86. The van der Waals surface area contributed by atoms with E-state index in [1.807, 2.05) is 6.92 Å². The Balaban J connectivity index is 2.59. The van der Waals surface area contributed by atoms with Crippen molar-refractivity contribution in [1.82, 2.24) is 5.32 Å². The minimum Gasteiger partial charge on any atom is -0.388 e. The van der Waals surface area contributed by atoms with E-state index in [2.05, 4.69) is 10.6 Å². The fourth-order valence-electron chi connectivity index (χ4n) is 1.65. The number of urea groups is 1. The molecule has 0 spiro atoms. The molecule has 1 atom stereocenters. The number of nitrogens with one attached hydrogen (secondary N) is 2. The van der Waals surface area contributed by atoms with Gasteiger partial charge in [-0.3, -0.25) is 0 Å². The van der Waals surface area contributed by atoms with Crippen LogP contribution in [0.3, 0.4) is 0 Å². The largest absolute Gasteiger partial charge is 0.388 e. The highest BCUT2D eigenvalue weighted by Gasteiger charge is 2.18. The van der Waals surface area contributed by atoms with E-state index in [-0.39, 0.29) is 12.3 Å². The van der Waals surface area contributed by atoms with Gasteiger partial charge in [-0.1, -0.05) is 19.1 Å². The molecule has 0 aromatic heterocycles. The standard InChI is InChI=1S/C16H26N2O4S/c1-5-16(4,20)11-17-15(19)18-14-8-6-13(7-9-14)10-23(21,22)12(2)3/h6-9,12,20H,5,10-11H2,1-4H3,(H2,17,18,19). The molecule has 0 aliphatic rings. The SMILES string of the molecule is CCC(C)(O)CNC(=O)Nc1ccc(CS(=O)(=O)C(C)C)cc1. The average molecular weight is 342 g/mol. The fourth-order valence-corrected chi connectivity index (χ4v) is 2.64. The van der Waals surface area contributed by atoms with E-state index in [9.17, 15) is 18.3 Å². The summed E-state index contributed by atoms with van der Waals surface area (Å²) in [5.74, 6) is -0.0174. The summed E-state index contributed by atoms with van der Waals surface area (Å²) in [6.45, 7) is 6.95.